The van der Waals surface area contributed by atoms with E-state index in [0.717, 1.165) is 22.8 Å². The summed E-state index contributed by atoms with van der Waals surface area (Å²) in [6, 6.07) is 18.1. The lowest BCUT2D eigenvalue weighted by Gasteiger charge is -2.12. The Balaban J connectivity index is 1.40. The van der Waals surface area contributed by atoms with Gasteiger partial charge in [-0.15, -0.1) is 10.2 Å². The first-order chi connectivity index (χ1) is 17.5. The summed E-state index contributed by atoms with van der Waals surface area (Å²) < 4.78 is 14.7. The van der Waals surface area contributed by atoms with Crippen molar-refractivity contribution in [1.82, 2.24) is 24.6 Å². The quantitative estimate of drug-likeness (QED) is 0.311. The van der Waals surface area contributed by atoms with Gasteiger partial charge >= 0.3 is 0 Å². The molecule has 4 aromatic rings. The highest BCUT2D eigenvalue weighted by molar-refractivity contribution is 7.99. The van der Waals surface area contributed by atoms with Crippen molar-refractivity contribution < 1.29 is 14.3 Å². The van der Waals surface area contributed by atoms with Crippen molar-refractivity contribution in [3.05, 3.63) is 83.4 Å². The van der Waals surface area contributed by atoms with Crippen LogP contribution in [0.25, 0.3) is 5.69 Å². The summed E-state index contributed by atoms with van der Waals surface area (Å²) in [6.07, 6.45) is 3.35. The second kappa shape index (κ2) is 11.8. The molecule has 0 radical (unpaired) electrons. The molecule has 0 saturated heterocycles. The number of benzene rings is 2. The Hall–Kier alpha value is -3.72. The van der Waals surface area contributed by atoms with Crippen molar-refractivity contribution in [2.45, 2.75) is 24.9 Å². The molecule has 0 spiro atoms. The molecule has 9 heteroatoms. The molecule has 2 heterocycles. The Morgan fingerprint density at radius 2 is 1.81 bits per heavy atom. The van der Waals surface area contributed by atoms with Crippen LogP contribution in [0.15, 0.2) is 66.0 Å². The van der Waals surface area contributed by atoms with Gasteiger partial charge in [0, 0.05) is 37.6 Å². The molecule has 188 valence electrons. The molecular weight excluding hydrogens is 474 g/mol. The summed E-state index contributed by atoms with van der Waals surface area (Å²) in [5.41, 5.74) is 4.36. The highest BCUT2D eigenvalue weighted by Crippen LogP contribution is 2.28. The molecule has 2 aromatic carbocycles. The van der Waals surface area contributed by atoms with Crippen LogP contribution < -0.4 is 14.8 Å². The third kappa shape index (κ3) is 6.09. The molecule has 0 saturated carbocycles. The van der Waals surface area contributed by atoms with Gasteiger partial charge in [0.1, 0.15) is 5.82 Å². The van der Waals surface area contributed by atoms with Crippen molar-refractivity contribution in [2.75, 3.05) is 26.5 Å². The molecule has 0 aliphatic heterocycles. The van der Waals surface area contributed by atoms with Gasteiger partial charge in [0.25, 0.3) is 0 Å². The summed E-state index contributed by atoms with van der Waals surface area (Å²) >= 11 is 1.38. The molecule has 1 amide bonds. The third-order valence-corrected chi connectivity index (χ3v) is 6.83. The summed E-state index contributed by atoms with van der Waals surface area (Å²) in [4.78, 5) is 12.6. The van der Waals surface area contributed by atoms with Crippen LogP contribution in [0.4, 0.5) is 0 Å². The van der Waals surface area contributed by atoms with Crippen molar-refractivity contribution in [1.29, 1.82) is 0 Å². The zero-order chi connectivity index (χ0) is 25.5. The lowest BCUT2D eigenvalue weighted by atomic mass is 10.1. The molecule has 36 heavy (non-hydrogen) atoms. The Kier molecular flexibility index (Phi) is 8.32. The molecule has 0 atom stereocenters. The monoisotopic (exact) mass is 505 g/mol. The third-order valence-electron chi connectivity index (χ3n) is 5.90. The van der Waals surface area contributed by atoms with E-state index >= 15 is 0 Å². The van der Waals surface area contributed by atoms with Gasteiger partial charge in [0.2, 0.25) is 5.91 Å². The highest BCUT2D eigenvalue weighted by Gasteiger charge is 2.17. The molecule has 0 unspecified atom stereocenters. The molecule has 0 bridgehead atoms. The van der Waals surface area contributed by atoms with Crippen molar-refractivity contribution in [3.8, 4) is 17.2 Å². The van der Waals surface area contributed by atoms with E-state index in [2.05, 4.69) is 57.3 Å². The first-order valence-electron chi connectivity index (χ1n) is 11.7. The maximum atomic E-state index is 12.6. The number of thioether (sulfide) groups is 1. The van der Waals surface area contributed by atoms with Crippen molar-refractivity contribution in [2.24, 2.45) is 7.05 Å². The Labute approximate surface area is 215 Å². The maximum Gasteiger partial charge on any atom is 0.230 e. The van der Waals surface area contributed by atoms with E-state index < -0.39 is 0 Å². The molecule has 0 aliphatic rings. The SMILES string of the molecule is COc1ccc(CCNC(=O)CSc2nnc(Cc3cccn3C)n2-c2ccc(C)cc2)cc1OC. The zero-order valence-corrected chi connectivity index (χ0v) is 21.8. The fraction of sp³-hybridized carbons (Fsp3) is 0.296. The number of ether oxygens (including phenoxy) is 2. The normalized spacial score (nSPS) is 10.9. The number of nitrogens with one attached hydrogen (secondary N) is 1. The number of hydrogen-bond donors (Lipinski definition) is 1. The van der Waals surface area contributed by atoms with Crippen molar-refractivity contribution in [3.63, 3.8) is 0 Å². The van der Waals surface area contributed by atoms with Crippen LogP contribution >= 0.6 is 11.8 Å². The minimum atomic E-state index is -0.0529. The van der Waals surface area contributed by atoms with Crippen molar-refractivity contribution >= 4 is 17.7 Å². The van der Waals surface area contributed by atoms with Gasteiger partial charge in [-0.2, -0.15) is 0 Å². The fourth-order valence-electron chi connectivity index (χ4n) is 3.87. The molecular formula is C27H31N5O3S. The van der Waals surface area contributed by atoms with Crippen LogP contribution in [0, 0.1) is 6.92 Å². The van der Waals surface area contributed by atoms with E-state index in [0.29, 0.717) is 36.0 Å². The summed E-state index contributed by atoms with van der Waals surface area (Å²) in [7, 11) is 5.24. The first kappa shape index (κ1) is 25.4. The van der Waals surface area contributed by atoms with Crippen LogP contribution in [-0.2, 0) is 24.7 Å². The number of amides is 1. The van der Waals surface area contributed by atoms with Gasteiger partial charge < -0.3 is 19.4 Å². The standard InChI is InChI=1S/C27H31N5O3S/c1-19-7-10-21(11-8-19)32-25(17-22-6-5-15-31(22)2)29-30-27(32)36-18-26(33)28-14-13-20-9-12-23(34-3)24(16-20)35-4/h5-12,15-16H,13-14,17-18H2,1-4H3,(H,28,33). The Morgan fingerprint density at radius 3 is 2.50 bits per heavy atom. The smallest absolute Gasteiger partial charge is 0.230 e. The second-order valence-corrected chi connectivity index (χ2v) is 9.38. The molecule has 4 rings (SSSR count). The van der Waals surface area contributed by atoms with Gasteiger partial charge in [-0.1, -0.05) is 35.5 Å². The number of methoxy groups -OCH3 is 2. The molecule has 2 aromatic heterocycles. The molecule has 8 nitrogen and oxygen atoms in total. The van der Waals surface area contributed by atoms with E-state index in [1.165, 1.54) is 17.3 Å². The average molecular weight is 506 g/mol. The van der Waals surface area contributed by atoms with E-state index in [9.17, 15) is 4.79 Å². The highest BCUT2D eigenvalue weighted by atomic mass is 32.2. The van der Waals surface area contributed by atoms with Gasteiger partial charge in [0.05, 0.1) is 20.0 Å². The van der Waals surface area contributed by atoms with E-state index in [4.69, 9.17) is 9.47 Å². The van der Waals surface area contributed by atoms with Crippen LogP contribution in [0.1, 0.15) is 22.6 Å². The lowest BCUT2D eigenvalue weighted by molar-refractivity contribution is -0.118. The molecule has 1 N–H and O–H groups in total. The number of aromatic nitrogens is 4. The predicted molar refractivity (Wildman–Crippen MR) is 141 cm³/mol. The Bertz CT molecular complexity index is 1310. The maximum absolute atomic E-state index is 12.6. The van der Waals surface area contributed by atoms with Gasteiger partial charge in [-0.05, 0) is 55.3 Å². The van der Waals surface area contributed by atoms with E-state index in [-0.39, 0.29) is 11.7 Å². The van der Waals surface area contributed by atoms with E-state index in [1.807, 2.05) is 42.1 Å². The lowest BCUT2D eigenvalue weighted by Crippen LogP contribution is -2.27. The number of aryl methyl sites for hydroxylation is 2. The zero-order valence-electron chi connectivity index (χ0n) is 21.0. The number of nitrogens with zero attached hydrogens (tertiary/aromatic N) is 4. The number of hydrogen-bond acceptors (Lipinski definition) is 6. The summed E-state index contributed by atoms with van der Waals surface area (Å²) in [5, 5.41) is 12.6. The molecule has 0 aliphatic carbocycles. The topological polar surface area (TPSA) is 83.2 Å². The van der Waals surface area contributed by atoms with Gasteiger partial charge in [-0.25, -0.2) is 0 Å². The predicted octanol–water partition coefficient (Wildman–Crippen LogP) is 3.97. The van der Waals surface area contributed by atoms with Crippen LogP contribution in [0.3, 0.4) is 0 Å². The minimum absolute atomic E-state index is 0.0529. The fourth-order valence-corrected chi connectivity index (χ4v) is 4.67. The Morgan fingerprint density at radius 1 is 1.03 bits per heavy atom. The van der Waals surface area contributed by atoms with Crippen LogP contribution in [0.5, 0.6) is 11.5 Å². The van der Waals surface area contributed by atoms with E-state index in [1.54, 1.807) is 14.2 Å². The van der Waals surface area contributed by atoms with Gasteiger partial charge in [-0.3, -0.25) is 9.36 Å². The minimum Gasteiger partial charge on any atom is -0.493 e. The summed E-state index contributed by atoms with van der Waals surface area (Å²) in [5.74, 6) is 2.39. The largest absolute Gasteiger partial charge is 0.493 e. The molecule has 0 fully saturated rings. The number of carbonyl (C=O) groups excluding carboxylic acids is 1. The first-order valence-corrected chi connectivity index (χ1v) is 12.7. The summed E-state index contributed by atoms with van der Waals surface area (Å²) in [6.45, 7) is 2.58. The average Bonchev–Trinajstić information content (AvgIpc) is 3.48. The number of carbonyl (C=O) groups is 1. The second-order valence-electron chi connectivity index (χ2n) is 8.43. The van der Waals surface area contributed by atoms with Gasteiger partial charge in [0.15, 0.2) is 16.7 Å². The number of rotatable bonds is 11. The van der Waals surface area contributed by atoms with Crippen LogP contribution in [-0.4, -0.2) is 51.8 Å². The van der Waals surface area contributed by atoms with Crippen LogP contribution in [0.2, 0.25) is 0 Å².